The van der Waals surface area contributed by atoms with Gasteiger partial charge in [-0.05, 0) is 90.8 Å². The Morgan fingerprint density at radius 2 is 1.50 bits per heavy atom. The molecule has 2 atom stereocenters. The minimum atomic E-state index is -0.889. The third kappa shape index (κ3) is 7.01. The lowest BCUT2D eigenvalue weighted by atomic mass is 9.86. The predicted molar refractivity (Wildman–Crippen MR) is 177 cm³/mol. The summed E-state index contributed by atoms with van der Waals surface area (Å²) in [6.45, 7) is 16.4. The van der Waals surface area contributed by atoms with Gasteiger partial charge in [-0.15, -0.1) is 0 Å². The van der Waals surface area contributed by atoms with Gasteiger partial charge in [0.15, 0.2) is 5.82 Å². The summed E-state index contributed by atoms with van der Waals surface area (Å²) in [5.74, 6) is -1.60. The maximum Gasteiger partial charge on any atom is 0.419 e. The largest absolute Gasteiger partial charge is 0.444 e. The van der Waals surface area contributed by atoms with Crippen LogP contribution in [-0.4, -0.2) is 77.0 Å². The van der Waals surface area contributed by atoms with Crippen LogP contribution in [0.2, 0.25) is 0 Å². The topological polar surface area (TPSA) is 67.2 Å². The molecule has 1 fully saturated rings. The Bertz CT molecular complexity index is 1580. The number of fused-ring (bicyclic) bond motifs is 3. The predicted octanol–water partition coefficient (Wildman–Crippen LogP) is 7.90. The summed E-state index contributed by atoms with van der Waals surface area (Å²) in [4.78, 5) is 34.5. The first kappa shape index (κ1) is 33.7. The number of carbonyl (C=O) groups is 2. The molecule has 3 aromatic rings. The minimum Gasteiger partial charge on any atom is -0.444 e. The molecule has 2 aromatic carbocycles. The van der Waals surface area contributed by atoms with Crippen LogP contribution in [0, 0.1) is 11.6 Å². The summed E-state index contributed by atoms with van der Waals surface area (Å²) in [6, 6.07) is 8.90. The van der Waals surface area contributed by atoms with E-state index in [4.69, 9.17) is 9.47 Å². The average molecular weight is 639 g/mol. The smallest absolute Gasteiger partial charge is 0.419 e. The van der Waals surface area contributed by atoms with Gasteiger partial charge in [0.2, 0.25) is 0 Å². The lowest BCUT2D eigenvalue weighted by molar-refractivity contribution is 0.00326. The highest BCUT2D eigenvalue weighted by Crippen LogP contribution is 2.45. The van der Waals surface area contributed by atoms with Crippen molar-refractivity contribution < 1.29 is 27.8 Å². The molecule has 0 bridgehead atoms. The summed E-state index contributed by atoms with van der Waals surface area (Å²) >= 11 is 0. The number of carbonyl (C=O) groups excluding carboxylic acids is 2. The normalized spacial score (nSPS) is 19.3. The van der Waals surface area contributed by atoms with Crippen LogP contribution < -0.4 is 4.90 Å². The van der Waals surface area contributed by atoms with Crippen LogP contribution in [0.1, 0.15) is 90.6 Å². The van der Waals surface area contributed by atoms with Gasteiger partial charge < -0.3 is 19.3 Å². The van der Waals surface area contributed by atoms with E-state index in [0.29, 0.717) is 29.5 Å². The second-order valence-corrected chi connectivity index (χ2v) is 14.6. The van der Waals surface area contributed by atoms with E-state index in [1.165, 1.54) is 10.6 Å². The quantitative estimate of drug-likeness (QED) is 0.283. The molecule has 2 aliphatic heterocycles. The number of hydrogen-bond donors (Lipinski definition) is 0. The fourth-order valence-electron chi connectivity index (χ4n) is 6.59. The zero-order valence-electron chi connectivity index (χ0n) is 28.5. The molecule has 0 unspecified atom stereocenters. The van der Waals surface area contributed by atoms with Gasteiger partial charge in [-0.3, -0.25) is 4.90 Å². The van der Waals surface area contributed by atoms with Gasteiger partial charge in [-0.2, -0.15) is 0 Å². The van der Waals surface area contributed by atoms with Crippen molar-refractivity contribution in [2.24, 2.45) is 0 Å². The summed E-state index contributed by atoms with van der Waals surface area (Å²) < 4.78 is 43.7. The molecule has 0 radical (unpaired) electrons. The Morgan fingerprint density at radius 1 is 0.891 bits per heavy atom. The molecule has 8 nitrogen and oxygen atoms in total. The third-order valence-electron chi connectivity index (χ3n) is 8.65. The van der Waals surface area contributed by atoms with Crippen LogP contribution in [0.15, 0.2) is 36.4 Å². The number of anilines is 1. The molecule has 0 aliphatic carbocycles. The van der Waals surface area contributed by atoms with Gasteiger partial charge in [-0.1, -0.05) is 31.9 Å². The van der Waals surface area contributed by atoms with Gasteiger partial charge in [0.05, 0.1) is 11.2 Å². The lowest BCUT2D eigenvalue weighted by Gasteiger charge is -2.43. The zero-order chi connectivity index (χ0) is 33.6. The van der Waals surface area contributed by atoms with E-state index in [1.807, 2.05) is 45.0 Å². The van der Waals surface area contributed by atoms with Crippen molar-refractivity contribution >= 4 is 28.8 Å². The van der Waals surface area contributed by atoms with Crippen molar-refractivity contribution in [3.8, 4) is 0 Å². The summed E-state index contributed by atoms with van der Waals surface area (Å²) in [7, 11) is 2.11. The maximum atomic E-state index is 15.8. The Kier molecular flexibility index (Phi) is 9.42. The lowest BCUT2D eigenvalue weighted by Crippen LogP contribution is -2.50. The van der Waals surface area contributed by atoms with Crippen LogP contribution in [0.25, 0.3) is 10.9 Å². The SMILES string of the molecule is CCCC[C@H]1Cc2c(n(C(=O)OC(C)(C)C)c3c(F)cc(F)cc23)[C@H](c2ccc(N3CCN(C)CC3)cc2)N1C(=O)OC(C)(C)C. The van der Waals surface area contributed by atoms with Crippen molar-refractivity contribution in [2.75, 3.05) is 38.1 Å². The van der Waals surface area contributed by atoms with Gasteiger partial charge in [-0.25, -0.2) is 22.9 Å². The van der Waals surface area contributed by atoms with Gasteiger partial charge in [0, 0.05) is 49.4 Å². The number of piperazine rings is 1. The molecule has 0 spiro atoms. The van der Waals surface area contributed by atoms with Crippen molar-refractivity contribution in [3.63, 3.8) is 0 Å². The van der Waals surface area contributed by atoms with E-state index in [1.54, 1.807) is 25.7 Å². The molecule has 1 aromatic heterocycles. The standard InChI is InChI=1S/C36H48F2N4O4/c1-9-10-11-26-22-28-27-20-24(37)21-29(38)31(27)42(34(44)46-36(5,6)7)32(28)30(41(26)33(43)45-35(2,3)4)23-12-14-25(15-13-23)40-18-16-39(8)17-19-40/h12-15,20-21,26,30H,9-11,16-19,22H2,1-8H3/t26-,30-/m0/s1. The number of halogens is 2. The number of amides is 1. The highest BCUT2D eigenvalue weighted by molar-refractivity contribution is 5.95. The Balaban J connectivity index is 1.76. The first-order valence-corrected chi connectivity index (χ1v) is 16.4. The van der Waals surface area contributed by atoms with E-state index in [0.717, 1.165) is 56.3 Å². The fraction of sp³-hybridized carbons (Fsp3) is 0.556. The van der Waals surface area contributed by atoms with Crippen molar-refractivity contribution in [1.82, 2.24) is 14.4 Å². The van der Waals surface area contributed by atoms with Gasteiger partial charge in [0.1, 0.15) is 23.1 Å². The van der Waals surface area contributed by atoms with Crippen LogP contribution in [0.3, 0.4) is 0 Å². The molecule has 1 amide bonds. The number of rotatable bonds is 5. The molecule has 46 heavy (non-hydrogen) atoms. The molecule has 0 saturated carbocycles. The number of hydrogen-bond acceptors (Lipinski definition) is 6. The maximum absolute atomic E-state index is 15.8. The molecule has 10 heteroatoms. The second kappa shape index (κ2) is 12.9. The van der Waals surface area contributed by atoms with Crippen molar-refractivity contribution in [3.05, 3.63) is 64.9 Å². The monoisotopic (exact) mass is 638 g/mol. The van der Waals surface area contributed by atoms with Crippen molar-refractivity contribution in [2.45, 2.75) is 97.4 Å². The van der Waals surface area contributed by atoms with Crippen molar-refractivity contribution in [1.29, 1.82) is 0 Å². The Hall–Kier alpha value is -3.66. The Labute approximate surface area is 271 Å². The summed E-state index contributed by atoms with van der Waals surface area (Å²) in [6.07, 6.45) is 1.38. The highest BCUT2D eigenvalue weighted by Gasteiger charge is 2.45. The Morgan fingerprint density at radius 3 is 2.09 bits per heavy atom. The highest BCUT2D eigenvalue weighted by atomic mass is 19.1. The first-order chi connectivity index (χ1) is 21.6. The molecule has 3 heterocycles. The van der Waals surface area contributed by atoms with Crippen LogP contribution in [0.5, 0.6) is 0 Å². The second-order valence-electron chi connectivity index (χ2n) is 14.6. The van der Waals surface area contributed by atoms with Gasteiger partial charge in [0.25, 0.3) is 0 Å². The van der Waals surface area contributed by atoms with Gasteiger partial charge >= 0.3 is 12.2 Å². The number of ether oxygens (including phenoxy) is 2. The molecule has 1 saturated heterocycles. The molecule has 0 N–H and O–H groups in total. The zero-order valence-corrected chi connectivity index (χ0v) is 28.5. The van der Waals surface area contributed by atoms with E-state index in [2.05, 4.69) is 23.8 Å². The van der Waals surface area contributed by atoms with Crippen LogP contribution in [-0.2, 0) is 15.9 Å². The number of likely N-dealkylation sites (N-methyl/N-ethyl adjacent to an activating group) is 1. The number of benzene rings is 2. The third-order valence-corrected chi connectivity index (χ3v) is 8.65. The average Bonchev–Trinajstić information content (AvgIpc) is 3.28. The molecule has 2 aliphatic rings. The fourth-order valence-corrected chi connectivity index (χ4v) is 6.59. The number of aromatic nitrogens is 1. The number of nitrogens with zero attached hydrogens (tertiary/aromatic N) is 4. The van der Waals surface area contributed by atoms with Crippen LogP contribution in [0.4, 0.5) is 24.1 Å². The molecule has 5 rings (SSSR count). The first-order valence-electron chi connectivity index (χ1n) is 16.4. The molecular weight excluding hydrogens is 590 g/mol. The summed E-state index contributed by atoms with van der Waals surface area (Å²) in [5.41, 5.74) is 1.09. The van der Waals surface area contributed by atoms with E-state index < -0.39 is 41.1 Å². The van der Waals surface area contributed by atoms with Crippen LogP contribution >= 0.6 is 0 Å². The number of unbranched alkanes of at least 4 members (excludes halogenated alkanes) is 1. The molecular formula is C36H48F2N4O4. The minimum absolute atomic E-state index is 0.0556. The van der Waals surface area contributed by atoms with E-state index in [9.17, 15) is 14.0 Å². The molecule has 250 valence electrons. The summed E-state index contributed by atoms with van der Waals surface area (Å²) in [5, 5.41) is 0.308. The van der Waals surface area contributed by atoms with E-state index >= 15 is 4.39 Å². The van der Waals surface area contributed by atoms with E-state index in [-0.39, 0.29) is 11.6 Å².